The molecule has 0 atom stereocenters. The molecule has 3 aromatic rings. The molecule has 1 saturated carbocycles. The maximum Gasteiger partial charge on any atom is 0.169 e. The number of hydrogen-bond acceptors (Lipinski definition) is 5. The summed E-state index contributed by atoms with van der Waals surface area (Å²) in [6, 6.07) is 10.4. The van der Waals surface area contributed by atoms with E-state index in [9.17, 15) is 10.4 Å². The first-order chi connectivity index (χ1) is 14.5. The summed E-state index contributed by atoms with van der Waals surface area (Å²) in [5, 5.41) is 21.5. The summed E-state index contributed by atoms with van der Waals surface area (Å²) < 4.78 is 4.19. The predicted molar refractivity (Wildman–Crippen MR) is 120 cm³/mol. The summed E-state index contributed by atoms with van der Waals surface area (Å²) >= 11 is 1.49. The van der Waals surface area contributed by atoms with Gasteiger partial charge in [-0.05, 0) is 38.8 Å². The number of nitriles is 1. The Hall–Kier alpha value is -2.72. The molecule has 1 aromatic carbocycles. The number of allylic oxidation sites excluding steroid dienone is 1. The number of hydrogen-bond donors (Lipinski definition) is 1. The number of aromatic nitrogens is 4. The minimum absolute atomic E-state index is 0.0365. The molecule has 2 heterocycles. The van der Waals surface area contributed by atoms with Crippen molar-refractivity contribution in [1.29, 1.82) is 5.26 Å². The van der Waals surface area contributed by atoms with Crippen LogP contribution < -0.4 is 0 Å². The first-order valence-electron chi connectivity index (χ1n) is 10.4. The fraction of sp³-hybridized carbons (Fsp3) is 0.435. The average molecular weight is 422 g/mol. The van der Waals surface area contributed by atoms with E-state index >= 15 is 0 Å². The van der Waals surface area contributed by atoms with E-state index in [1.807, 2.05) is 42.8 Å². The quantitative estimate of drug-likeness (QED) is 0.335. The number of benzene rings is 1. The number of rotatable bonds is 5. The fourth-order valence-corrected chi connectivity index (χ4v) is 5.32. The maximum absolute atomic E-state index is 10.8. The molecule has 0 spiro atoms. The van der Waals surface area contributed by atoms with Gasteiger partial charge in [0.05, 0.1) is 22.5 Å². The van der Waals surface area contributed by atoms with Gasteiger partial charge in [-0.2, -0.15) is 5.26 Å². The molecule has 1 aliphatic rings. The second kappa shape index (κ2) is 8.57. The van der Waals surface area contributed by atoms with E-state index < -0.39 is 0 Å². The summed E-state index contributed by atoms with van der Waals surface area (Å²) in [4.78, 5) is 9.32. The minimum atomic E-state index is 0.0365. The second-order valence-corrected chi connectivity index (χ2v) is 8.87. The fourth-order valence-electron chi connectivity index (χ4n) is 4.28. The highest BCUT2D eigenvalue weighted by atomic mass is 32.2. The number of aliphatic hydroxyl groups excluding tert-OH is 1. The lowest BCUT2D eigenvalue weighted by molar-refractivity contribution is 0.332. The molecule has 6 nitrogen and oxygen atoms in total. The number of thioether (sulfide) groups is 1. The van der Waals surface area contributed by atoms with Crippen LogP contribution >= 0.6 is 11.8 Å². The molecule has 7 heteroatoms. The third kappa shape index (κ3) is 3.72. The van der Waals surface area contributed by atoms with Crippen molar-refractivity contribution in [2.75, 3.05) is 5.75 Å². The van der Waals surface area contributed by atoms with Crippen LogP contribution in [0.3, 0.4) is 0 Å². The highest BCUT2D eigenvalue weighted by molar-refractivity contribution is 7.99. The molecule has 156 valence electrons. The zero-order chi connectivity index (χ0) is 21.3. The molecule has 0 aliphatic heterocycles. The Morgan fingerprint density at radius 2 is 1.93 bits per heavy atom. The summed E-state index contributed by atoms with van der Waals surface area (Å²) in [7, 11) is 1.87. The Morgan fingerprint density at radius 3 is 2.63 bits per heavy atom. The van der Waals surface area contributed by atoms with Crippen molar-refractivity contribution in [3.63, 3.8) is 0 Å². The van der Waals surface area contributed by atoms with Crippen LogP contribution in [0, 0.1) is 25.2 Å². The molecule has 0 saturated heterocycles. The minimum Gasteiger partial charge on any atom is -0.510 e. The van der Waals surface area contributed by atoms with Crippen LogP contribution in [0.4, 0.5) is 0 Å². The third-order valence-electron chi connectivity index (χ3n) is 6.04. The van der Waals surface area contributed by atoms with Gasteiger partial charge in [-0.3, -0.25) is 0 Å². The lowest BCUT2D eigenvalue weighted by atomic mass is 9.95. The van der Waals surface area contributed by atoms with Gasteiger partial charge in [0.2, 0.25) is 0 Å². The van der Waals surface area contributed by atoms with Crippen LogP contribution in [0.5, 0.6) is 0 Å². The standard InChI is InChI=1S/C23H27N5OS/c1-15-16(2)28(17-9-5-4-6-10-17)23(25-15)30-14-21(29)18(13-24)22-26-19-11-7-8-12-20(19)27(22)3/h7-8,11-12,17,29H,4-6,9-10,14H2,1-3H3/b21-18-. The molecule has 0 unspecified atom stereocenters. The van der Waals surface area contributed by atoms with Gasteiger partial charge in [-0.15, -0.1) is 0 Å². The van der Waals surface area contributed by atoms with E-state index in [2.05, 4.69) is 22.5 Å². The largest absolute Gasteiger partial charge is 0.510 e. The molecule has 2 aromatic heterocycles. The molecule has 1 aliphatic carbocycles. The van der Waals surface area contributed by atoms with Crippen LogP contribution in [0.2, 0.25) is 0 Å². The maximum atomic E-state index is 10.8. The van der Waals surface area contributed by atoms with Gasteiger partial charge in [-0.25, -0.2) is 9.97 Å². The third-order valence-corrected chi connectivity index (χ3v) is 7.01. The zero-order valence-electron chi connectivity index (χ0n) is 17.7. The van der Waals surface area contributed by atoms with Gasteiger partial charge < -0.3 is 14.2 Å². The van der Waals surface area contributed by atoms with Gasteiger partial charge in [0.15, 0.2) is 11.0 Å². The van der Waals surface area contributed by atoms with E-state index in [0.29, 0.717) is 11.9 Å². The van der Waals surface area contributed by atoms with Gasteiger partial charge in [0.1, 0.15) is 17.4 Å². The van der Waals surface area contributed by atoms with Crippen molar-refractivity contribution in [3.05, 3.63) is 47.2 Å². The summed E-state index contributed by atoms with van der Waals surface area (Å²) in [5.41, 5.74) is 4.18. The molecule has 0 amide bonds. The molecule has 1 N–H and O–H groups in total. The molecule has 1 fully saturated rings. The van der Waals surface area contributed by atoms with Crippen molar-refractivity contribution in [2.45, 2.75) is 57.1 Å². The zero-order valence-corrected chi connectivity index (χ0v) is 18.5. The van der Waals surface area contributed by atoms with Crippen LogP contribution in [0.1, 0.15) is 55.4 Å². The lowest BCUT2D eigenvalue weighted by Crippen LogP contribution is -2.15. The smallest absolute Gasteiger partial charge is 0.169 e. The first-order valence-corrected chi connectivity index (χ1v) is 11.4. The summed E-state index contributed by atoms with van der Waals surface area (Å²) in [6.45, 7) is 4.16. The van der Waals surface area contributed by atoms with E-state index in [0.717, 1.165) is 21.9 Å². The number of aryl methyl sites for hydroxylation is 2. The van der Waals surface area contributed by atoms with E-state index in [1.165, 1.54) is 49.6 Å². The highest BCUT2D eigenvalue weighted by Crippen LogP contribution is 2.35. The SMILES string of the molecule is Cc1nc(SC/C(O)=C(\C#N)c2nc3ccccc3n2C)n(C2CCCCC2)c1C. The Bertz CT molecular complexity index is 1140. The van der Waals surface area contributed by atoms with Crippen LogP contribution in [-0.2, 0) is 7.05 Å². The summed E-state index contributed by atoms with van der Waals surface area (Å²) in [6.07, 6.45) is 6.16. The number of para-hydroxylation sites is 2. The van der Waals surface area contributed by atoms with Crippen molar-refractivity contribution in [3.8, 4) is 6.07 Å². The normalized spacial score (nSPS) is 15.9. The Balaban J connectivity index is 1.62. The van der Waals surface area contributed by atoms with Gasteiger partial charge >= 0.3 is 0 Å². The van der Waals surface area contributed by atoms with Crippen LogP contribution in [0.15, 0.2) is 35.2 Å². The number of aliphatic hydroxyl groups is 1. The summed E-state index contributed by atoms with van der Waals surface area (Å²) in [5.74, 6) is 0.809. The van der Waals surface area contributed by atoms with Crippen LogP contribution in [0.25, 0.3) is 16.6 Å². The van der Waals surface area contributed by atoms with Crippen LogP contribution in [-0.4, -0.2) is 30.0 Å². The van der Waals surface area contributed by atoms with Crippen molar-refractivity contribution >= 4 is 28.4 Å². The van der Waals surface area contributed by atoms with Crippen molar-refractivity contribution in [1.82, 2.24) is 19.1 Å². The Kier molecular flexibility index (Phi) is 5.87. The highest BCUT2D eigenvalue weighted by Gasteiger charge is 2.23. The molecule has 4 rings (SSSR count). The number of imidazole rings is 2. The van der Waals surface area contributed by atoms with E-state index in [1.54, 1.807) is 0 Å². The van der Waals surface area contributed by atoms with E-state index in [4.69, 9.17) is 4.98 Å². The molecule has 0 radical (unpaired) electrons. The Morgan fingerprint density at radius 1 is 1.20 bits per heavy atom. The first kappa shape index (κ1) is 20.5. The van der Waals surface area contributed by atoms with Gasteiger partial charge in [-0.1, -0.05) is 43.2 Å². The molecule has 30 heavy (non-hydrogen) atoms. The Labute approximate surface area is 181 Å². The average Bonchev–Trinajstić information content (AvgIpc) is 3.24. The van der Waals surface area contributed by atoms with Gasteiger partial charge in [0.25, 0.3) is 0 Å². The number of nitrogens with zero attached hydrogens (tertiary/aromatic N) is 5. The van der Waals surface area contributed by atoms with Crippen molar-refractivity contribution < 1.29 is 5.11 Å². The van der Waals surface area contributed by atoms with E-state index in [-0.39, 0.29) is 17.1 Å². The predicted octanol–water partition coefficient (Wildman–Crippen LogP) is 5.48. The second-order valence-electron chi connectivity index (χ2n) is 7.93. The molecule has 0 bridgehead atoms. The topological polar surface area (TPSA) is 79.7 Å². The lowest BCUT2D eigenvalue weighted by Gasteiger charge is -2.26. The van der Waals surface area contributed by atoms with Crippen molar-refractivity contribution in [2.24, 2.45) is 7.05 Å². The molecular formula is C23H27N5OS. The monoisotopic (exact) mass is 421 g/mol. The number of fused-ring (bicyclic) bond motifs is 1. The molecular weight excluding hydrogens is 394 g/mol. The van der Waals surface area contributed by atoms with Gasteiger partial charge in [0, 0.05) is 18.8 Å².